The Balaban J connectivity index is 1.36. The van der Waals surface area contributed by atoms with E-state index in [2.05, 4.69) is 25.8 Å². The van der Waals surface area contributed by atoms with Crippen molar-refractivity contribution in [1.82, 2.24) is 29.8 Å². The minimum Gasteiger partial charge on any atom is -0.477 e. The molecule has 3 heterocycles. The van der Waals surface area contributed by atoms with Crippen LogP contribution in [-0.2, 0) is 11.2 Å². The topological polar surface area (TPSA) is 148 Å². The van der Waals surface area contributed by atoms with Crippen LogP contribution in [0.25, 0.3) is 27.7 Å². The Morgan fingerprint density at radius 3 is 2.57 bits per heavy atom. The number of nitrogens with zero attached hydrogens (tertiary/aromatic N) is 5. The zero-order valence-electron chi connectivity index (χ0n) is 21.8. The molecule has 3 aromatic heterocycles. The Hall–Kier alpha value is -5.55. The van der Waals surface area contributed by atoms with Crippen LogP contribution >= 0.6 is 11.6 Å². The highest BCUT2D eigenvalue weighted by Gasteiger charge is 2.23. The number of carbonyl (C=O) groups excluding carboxylic acids is 1. The highest BCUT2D eigenvalue weighted by molar-refractivity contribution is 6.31. The molecule has 1 unspecified atom stereocenters. The van der Waals surface area contributed by atoms with Gasteiger partial charge in [0.15, 0.2) is 0 Å². The van der Waals surface area contributed by atoms with E-state index in [-0.39, 0.29) is 12.1 Å². The van der Waals surface area contributed by atoms with Crippen LogP contribution in [0.5, 0.6) is 0 Å². The van der Waals surface area contributed by atoms with E-state index in [1.807, 2.05) is 30.3 Å². The summed E-state index contributed by atoms with van der Waals surface area (Å²) in [5.41, 5.74) is 3.47. The Bertz CT molecular complexity index is 1980. The molecule has 0 bridgehead atoms. The van der Waals surface area contributed by atoms with Gasteiger partial charge >= 0.3 is 5.97 Å². The second-order valence-electron chi connectivity index (χ2n) is 9.56. The number of rotatable bonds is 8. The van der Waals surface area contributed by atoms with Gasteiger partial charge in [-0.25, -0.2) is 4.79 Å². The van der Waals surface area contributed by atoms with Crippen molar-refractivity contribution in [2.75, 3.05) is 5.32 Å². The maximum absolute atomic E-state index is 13.7. The van der Waals surface area contributed by atoms with Crippen LogP contribution in [0.2, 0.25) is 5.02 Å². The molecule has 1 amide bonds. The Morgan fingerprint density at radius 1 is 1.00 bits per heavy atom. The first-order valence-corrected chi connectivity index (χ1v) is 13.2. The van der Waals surface area contributed by atoms with E-state index < -0.39 is 23.5 Å². The van der Waals surface area contributed by atoms with Gasteiger partial charge in [0.25, 0.3) is 5.56 Å². The maximum atomic E-state index is 13.7. The first-order valence-electron chi connectivity index (χ1n) is 12.8. The van der Waals surface area contributed by atoms with Crippen molar-refractivity contribution in [3.63, 3.8) is 0 Å². The molecule has 0 radical (unpaired) electrons. The molecule has 0 spiro atoms. The van der Waals surface area contributed by atoms with Gasteiger partial charge in [-0.15, -0.1) is 5.10 Å². The van der Waals surface area contributed by atoms with Gasteiger partial charge in [0.1, 0.15) is 18.1 Å². The van der Waals surface area contributed by atoms with Gasteiger partial charge in [-0.3, -0.25) is 9.59 Å². The van der Waals surface area contributed by atoms with Gasteiger partial charge in [-0.2, -0.15) is 4.68 Å². The first kappa shape index (κ1) is 26.7. The van der Waals surface area contributed by atoms with E-state index in [1.54, 1.807) is 48.7 Å². The number of anilines is 1. The summed E-state index contributed by atoms with van der Waals surface area (Å²) >= 11 is 6.28. The number of pyridine rings is 1. The van der Waals surface area contributed by atoms with E-state index in [1.165, 1.54) is 27.7 Å². The minimum atomic E-state index is -1.08. The Labute approximate surface area is 243 Å². The number of carboxylic acids is 1. The van der Waals surface area contributed by atoms with Gasteiger partial charge in [-0.05, 0) is 70.1 Å². The highest BCUT2D eigenvalue weighted by Crippen LogP contribution is 2.29. The predicted molar refractivity (Wildman–Crippen MR) is 157 cm³/mol. The van der Waals surface area contributed by atoms with Crippen LogP contribution in [-0.4, -0.2) is 46.7 Å². The van der Waals surface area contributed by atoms with E-state index >= 15 is 0 Å². The van der Waals surface area contributed by atoms with Gasteiger partial charge in [-0.1, -0.05) is 41.9 Å². The molecule has 42 heavy (non-hydrogen) atoms. The summed E-state index contributed by atoms with van der Waals surface area (Å²) in [7, 11) is 0. The number of nitrogens with one attached hydrogen (secondary N) is 2. The fourth-order valence-corrected chi connectivity index (χ4v) is 5.00. The molecule has 0 aliphatic rings. The molecular formula is C30H22ClN7O4. The van der Waals surface area contributed by atoms with Crippen molar-refractivity contribution >= 4 is 40.1 Å². The first-order chi connectivity index (χ1) is 20.4. The smallest absolute Gasteiger partial charge is 0.352 e. The molecule has 0 aliphatic carbocycles. The molecule has 1 atom stereocenters. The van der Waals surface area contributed by atoms with Crippen molar-refractivity contribution in [1.29, 1.82) is 0 Å². The average molecular weight is 580 g/mol. The average Bonchev–Trinajstić information content (AvgIpc) is 3.67. The van der Waals surface area contributed by atoms with Crippen molar-refractivity contribution in [3.8, 4) is 16.8 Å². The summed E-state index contributed by atoms with van der Waals surface area (Å²) in [6.45, 7) is 0. The summed E-state index contributed by atoms with van der Waals surface area (Å²) in [6.07, 6.45) is 3.29. The number of amides is 1. The fraction of sp³-hybridized carbons (Fsp3) is 0.0667. The number of carbonyl (C=O) groups is 2. The molecule has 0 saturated carbocycles. The van der Waals surface area contributed by atoms with Gasteiger partial charge < -0.3 is 20.0 Å². The van der Waals surface area contributed by atoms with Gasteiger partial charge in [0, 0.05) is 45.9 Å². The van der Waals surface area contributed by atoms with Crippen molar-refractivity contribution in [2.45, 2.75) is 12.5 Å². The summed E-state index contributed by atoms with van der Waals surface area (Å²) in [4.78, 5) is 41.4. The fourth-order valence-electron chi connectivity index (χ4n) is 4.83. The molecule has 6 aromatic rings. The molecular weight excluding hydrogens is 558 g/mol. The number of aromatic amines is 1. The minimum absolute atomic E-state index is 0.0463. The number of benzene rings is 3. The lowest BCUT2D eigenvalue weighted by atomic mass is 10.0. The molecule has 0 fully saturated rings. The molecule has 0 aliphatic heterocycles. The normalized spacial score (nSPS) is 11.8. The van der Waals surface area contributed by atoms with Gasteiger partial charge in [0.05, 0.1) is 5.69 Å². The van der Waals surface area contributed by atoms with Crippen molar-refractivity contribution < 1.29 is 14.7 Å². The van der Waals surface area contributed by atoms with Crippen LogP contribution in [0.4, 0.5) is 5.69 Å². The monoisotopic (exact) mass is 579 g/mol. The molecule has 3 N–H and O–H groups in total. The van der Waals surface area contributed by atoms with Crippen molar-refractivity contribution in [2.24, 2.45) is 0 Å². The van der Waals surface area contributed by atoms with E-state index in [0.717, 1.165) is 5.56 Å². The van der Waals surface area contributed by atoms with Crippen LogP contribution < -0.4 is 10.9 Å². The Morgan fingerprint density at radius 2 is 1.83 bits per heavy atom. The highest BCUT2D eigenvalue weighted by atomic mass is 35.5. The molecule has 0 saturated heterocycles. The third-order valence-corrected chi connectivity index (χ3v) is 7.08. The quantitative estimate of drug-likeness (QED) is 0.236. The van der Waals surface area contributed by atoms with Crippen molar-refractivity contribution in [3.05, 3.63) is 124 Å². The largest absolute Gasteiger partial charge is 0.477 e. The van der Waals surface area contributed by atoms with Crippen LogP contribution in [0, 0.1) is 0 Å². The summed E-state index contributed by atoms with van der Waals surface area (Å²) in [5, 5.41) is 24.6. The third kappa shape index (κ3) is 5.40. The lowest BCUT2D eigenvalue weighted by Crippen LogP contribution is -2.34. The lowest BCUT2D eigenvalue weighted by molar-refractivity contribution is -0.119. The number of aromatic nitrogens is 6. The maximum Gasteiger partial charge on any atom is 0.352 e. The summed E-state index contributed by atoms with van der Waals surface area (Å²) in [6, 6.07) is 23.4. The number of fused-ring (bicyclic) bond motifs is 1. The van der Waals surface area contributed by atoms with Crippen LogP contribution in [0.15, 0.2) is 102 Å². The number of hydrogen-bond acceptors (Lipinski definition) is 6. The number of aromatic carboxylic acids is 1. The molecule has 6 rings (SSSR count). The lowest BCUT2D eigenvalue weighted by Gasteiger charge is -2.20. The van der Waals surface area contributed by atoms with Gasteiger partial charge in [0.2, 0.25) is 5.91 Å². The zero-order valence-corrected chi connectivity index (χ0v) is 22.6. The number of hydrogen-bond donors (Lipinski definition) is 3. The molecule has 208 valence electrons. The predicted octanol–water partition coefficient (Wildman–Crippen LogP) is 4.75. The molecule has 12 heteroatoms. The number of H-pyrrole nitrogens is 1. The summed E-state index contributed by atoms with van der Waals surface area (Å²) < 4.78 is 2.87. The zero-order chi connectivity index (χ0) is 29.2. The molecule has 3 aromatic carbocycles. The van der Waals surface area contributed by atoms with E-state index in [9.17, 15) is 19.5 Å². The van der Waals surface area contributed by atoms with E-state index in [4.69, 9.17) is 11.6 Å². The number of carboxylic acid groups (broad SMARTS) is 1. The number of halogens is 1. The molecule has 11 nitrogen and oxygen atoms in total. The third-order valence-electron chi connectivity index (χ3n) is 6.84. The Kier molecular flexibility index (Phi) is 7.07. The number of tetrazole rings is 1. The SMILES string of the molecule is O=C(O)c1cc2cc(NC(=O)C(Cc3ccccc3)n3ccc(-c4cc(Cl)ccc4-n4cnnn4)cc3=O)ccc2[nH]1. The second kappa shape index (κ2) is 11.1. The standard InChI is InChI=1S/C30H22ClN7O4/c31-21-6-9-26(38-17-32-35-36-38)23(16-21)19-10-11-37(28(39)15-19)27(12-18-4-2-1-3-5-18)29(40)33-22-7-8-24-20(13-22)14-25(34-24)30(41)42/h1-11,13-17,27,34H,12H2,(H,33,40)(H,41,42). The second-order valence-corrected chi connectivity index (χ2v) is 10.00. The van der Waals surface area contributed by atoms with Crippen LogP contribution in [0.3, 0.4) is 0 Å². The van der Waals surface area contributed by atoms with Crippen LogP contribution in [0.1, 0.15) is 22.1 Å². The summed E-state index contributed by atoms with van der Waals surface area (Å²) in [5.74, 6) is -1.48. The van der Waals surface area contributed by atoms with E-state index in [0.29, 0.717) is 38.4 Å².